The van der Waals surface area contributed by atoms with Gasteiger partial charge in [-0.15, -0.1) is 0 Å². The summed E-state index contributed by atoms with van der Waals surface area (Å²) in [7, 11) is 0. The maximum Gasteiger partial charge on any atom is 0.158 e. The van der Waals surface area contributed by atoms with Crippen molar-refractivity contribution in [3.05, 3.63) is 12.2 Å². The van der Waals surface area contributed by atoms with Crippen LogP contribution in [-0.4, -0.2) is 5.78 Å². The quantitative estimate of drug-likeness (QED) is 0.596. The second kappa shape index (κ2) is 4.08. The Labute approximate surface area is 81.2 Å². The number of rotatable bonds is 2. The number of hydrogen-bond acceptors (Lipinski definition) is 1. The molecule has 1 fully saturated rings. The van der Waals surface area contributed by atoms with E-state index in [-0.39, 0.29) is 0 Å². The Morgan fingerprint density at radius 1 is 1.46 bits per heavy atom. The largest absolute Gasteiger partial charge is 0.295 e. The molecule has 0 saturated heterocycles. The molecular weight excluding hydrogens is 160 g/mol. The Kier molecular flexibility index (Phi) is 3.29. The molecule has 0 aromatic rings. The van der Waals surface area contributed by atoms with Crippen molar-refractivity contribution < 1.29 is 4.79 Å². The summed E-state index contributed by atoms with van der Waals surface area (Å²) < 4.78 is 0. The van der Waals surface area contributed by atoms with Crippen LogP contribution in [0.4, 0.5) is 0 Å². The van der Waals surface area contributed by atoms with Crippen molar-refractivity contribution in [1.82, 2.24) is 0 Å². The lowest BCUT2D eigenvalue weighted by Crippen LogP contribution is -2.26. The van der Waals surface area contributed by atoms with Crippen LogP contribution in [-0.2, 0) is 4.79 Å². The van der Waals surface area contributed by atoms with E-state index in [1.54, 1.807) is 6.08 Å². The summed E-state index contributed by atoms with van der Waals surface area (Å²) in [6.07, 6.45) is 8.21. The number of ketones is 1. The molecule has 1 aliphatic carbocycles. The van der Waals surface area contributed by atoms with Gasteiger partial charge in [-0.2, -0.15) is 0 Å². The predicted molar refractivity (Wildman–Crippen MR) is 55.6 cm³/mol. The van der Waals surface area contributed by atoms with Gasteiger partial charge in [0, 0.05) is 5.92 Å². The van der Waals surface area contributed by atoms with Crippen LogP contribution in [0.25, 0.3) is 0 Å². The number of allylic oxidation sites excluding steroid dienone is 2. The first-order valence-corrected chi connectivity index (χ1v) is 5.22. The van der Waals surface area contributed by atoms with Gasteiger partial charge in [-0.1, -0.05) is 26.3 Å². The molecule has 0 aromatic carbocycles. The smallest absolute Gasteiger partial charge is 0.158 e. The minimum absolute atomic E-state index is 0.292. The summed E-state index contributed by atoms with van der Waals surface area (Å²) in [5, 5.41) is 0. The van der Waals surface area contributed by atoms with Crippen molar-refractivity contribution in [2.24, 2.45) is 11.3 Å². The predicted octanol–water partition coefficient (Wildman–Crippen LogP) is 3.35. The highest BCUT2D eigenvalue weighted by Gasteiger charge is 2.30. The van der Waals surface area contributed by atoms with Crippen molar-refractivity contribution in [2.45, 2.75) is 46.5 Å². The lowest BCUT2D eigenvalue weighted by atomic mass is 9.71. The SMILES string of the molecule is CC=CC(=O)C1CCCC(C)(C)C1. The van der Waals surface area contributed by atoms with Gasteiger partial charge in [0.15, 0.2) is 5.78 Å². The first-order chi connectivity index (χ1) is 6.05. The molecule has 0 spiro atoms. The Bertz CT molecular complexity index is 213. The summed E-state index contributed by atoms with van der Waals surface area (Å²) in [5.41, 5.74) is 0.375. The van der Waals surface area contributed by atoms with Crippen molar-refractivity contribution in [3.63, 3.8) is 0 Å². The van der Waals surface area contributed by atoms with Crippen LogP contribution in [0.1, 0.15) is 46.5 Å². The molecule has 1 unspecified atom stereocenters. The zero-order valence-electron chi connectivity index (χ0n) is 8.97. The third kappa shape index (κ3) is 2.98. The van der Waals surface area contributed by atoms with E-state index in [0.717, 1.165) is 12.8 Å². The van der Waals surface area contributed by atoms with Crippen LogP contribution >= 0.6 is 0 Å². The van der Waals surface area contributed by atoms with Crippen LogP contribution in [0.3, 0.4) is 0 Å². The minimum Gasteiger partial charge on any atom is -0.295 e. The molecule has 0 bridgehead atoms. The zero-order valence-corrected chi connectivity index (χ0v) is 8.97. The molecule has 0 heterocycles. The highest BCUT2D eigenvalue weighted by atomic mass is 16.1. The Hall–Kier alpha value is -0.590. The molecule has 74 valence electrons. The van der Waals surface area contributed by atoms with Gasteiger partial charge in [-0.25, -0.2) is 0 Å². The average Bonchev–Trinajstić information content (AvgIpc) is 2.03. The normalized spacial score (nSPS) is 27.8. The van der Waals surface area contributed by atoms with Gasteiger partial charge in [-0.3, -0.25) is 4.79 Å². The molecule has 1 atom stereocenters. The molecular formula is C12H20O. The molecule has 0 radical (unpaired) electrons. The Morgan fingerprint density at radius 2 is 2.15 bits per heavy atom. The van der Waals surface area contributed by atoms with Crippen LogP contribution in [0.15, 0.2) is 12.2 Å². The van der Waals surface area contributed by atoms with Crippen molar-refractivity contribution in [3.8, 4) is 0 Å². The molecule has 1 rings (SSSR count). The standard InChI is InChI=1S/C12H20O/c1-4-6-11(13)10-7-5-8-12(2,3)9-10/h4,6,10H,5,7-9H2,1-3H3. The summed E-state index contributed by atoms with van der Waals surface area (Å²) >= 11 is 0. The van der Waals surface area contributed by atoms with Gasteiger partial charge in [0.1, 0.15) is 0 Å². The first-order valence-electron chi connectivity index (χ1n) is 5.22. The highest BCUT2D eigenvalue weighted by Crippen LogP contribution is 2.38. The second-order valence-electron chi connectivity index (χ2n) is 4.86. The van der Waals surface area contributed by atoms with Gasteiger partial charge in [0.2, 0.25) is 0 Å². The van der Waals surface area contributed by atoms with Crippen LogP contribution in [0.2, 0.25) is 0 Å². The third-order valence-electron chi connectivity index (χ3n) is 2.94. The van der Waals surface area contributed by atoms with E-state index in [9.17, 15) is 4.79 Å². The molecule has 0 amide bonds. The maximum atomic E-state index is 11.6. The van der Waals surface area contributed by atoms with E-state index in [1.807, 2.05) is 13.0 Å². The van der Waals surface area contributed by atoms with Crippen molar-refractivity contribution in [2.75, 3.05) is 0 Å². The van der Waals surface area contributed by atoms with Crippen LogP contribution in [0.5, 0.6) is 0 Å². The molecule has 1 saturated carbocycles. The fourth-order valence-corrected chi connectivity index (χ4v) is 2.24. The van der Waals surface area contributed by atoms with Crippen molar-refractivity contribution in [1.29, 1.82) is 0 Å². The minimum atomic E-state index is 0.292. The van der Waals surface area contributed by atoms with E-state index in [4.69, 9.17) is 0 Å². The number of carbonyl (C=O) groups excluding carboxylic acids is 1. The van der Waals surface area contributed by atoms with E-state index in [1.165, 1.54) is 12.8 Å². The fourth-order valence-electron chi connectivity index (χ4n) is 2.24. The highest BCUT2D eigenvalue weighted by molar-refractivity contribution is 5.91. The first kappa shape index (κ1) is 10.5. The van der Waals surface area contributed by atoms with Gasteiger partial charge < -0.3 is 0 Å². The van der Waals surface area contributed by atoms with Gasteiger partial charge in [-0.05, 0) is 37.7 Å². The lowest BCUT2D eigenvalue weighted by molar-refractivity contribution is -0.120. The summed E-state index contributed by atoms with van der Waals surface area (Å²) in [6.45, 7) is 6.44. The topological polar surface area (TPSA) is 17.1 Å². The van der Waals surface area contributed by atoms with E-state index in [0.29, 0.717) is 17.1 Å². The van der Waals surface area contributed by atoms with Gasteiger partial charge >= 0.3 is 0 Å². The lowest BCUT2D eigenvalue weighted by Gasteiger charge is -2.33. The fraction of sp³-hybridized carbons (Fsp3) is 0.750. The molecule has 1 heteroatoms. The van der Waals surface area contributed by atoms with E-state index >= 15 is 0 Å². The van der Waals surface area contributed by atoms with E-state index in [2.05, 4.69) is 13.8 Å². The number of carbonyl (C=O) groups is 1. The van der Waals surface area contributed by atoms with Crippen LogP contribution in [0, 0.1) is 11.3 Å². The van der Waals surface area contributed by atoms with E-state index < -0.39 is 0 Å². The van der Waals surface area contributed by atoms with Crippen molar-refractivity contribution >= 4 is 5.78 Å². The molecule has 1 aliphatic rings. The summed E-state index contributed by atoms with van der Waals surface area (Å²) in [4.78, 5) is 11.6. The Balaban J connectivity index is 2.56. The third-order valence-corrected chi connectivity index (χ3v) is 2.94. The van der Waals surface area contributed by atoms with Crippen LogP contribution < -0.4 is 0 Å². The molecule has 0 aliphatic heterocycles. The van der Waals surface area contributed by atoms with Gasteiger partial charge in [0.05, 0.1) is 0 Å². The molecule has 0 N–H and O–H groups in total. The average molecular weight is 180 g/mol. The molecule has 0 aromatic heterocycles. The molecule has 1 nitrogen and oxygen atoms in total. The Morgan fingerprint density at radius 3 is 2.69 bits per heavy atom. The zero-order chi connectivity index (χ0) is 9.90. The molecule has 13 heavy (non-hydrogen) atoms. The second-order valence-corrected chi connectivity index (χ2v) is 4.86. The van der Waals surface area contributed by atoms with Gasteiger partial charge in [0.25, 0.3) is 0 Å². The number of hydrogen-bond donors (Lipinski definition) is 0. The summed E-state index contributed by atoms with van der Waals surface area (Å²) in [6, 6.07) is 0. The maximum absolute atomic E-state index is 11.6. The summed E-state index contributed by atoms with van der Waals surface area (Å²) in [5.74, 6) is 0.621. The monoisotopic (exact) mass is 180 g/mol.